The molecule has 1 saturated carbocycles. The van der Waals surface area contributed by atoms with Crippen molar-refractivity contribution in [1.82, 2.24) is 10.3 Å². The summed E-state index contributed by atoms with van der Waals surface area (Å²) in [5.41, 5.74) is 1.57. The normalized spacial score (nSPS) is 12.8. The van der Waals surface area contributed by atoms with Gasteiger partial charge in [-0.15, -0.1) is 0 Å². The lowest BCUT2D eigenvalue weighted by atomic mass is 10.2. The van der Waals surface area contributed by atoms with E-state index in [0.717, 1.165) is 22.7 Å². The molecule has 0 aliphatic heterocycles. The van der Waals surface area contributed by atoms with Crippen molar-refractivity contribution in [2.75, 3.05) is 24.8 Å². The summed E-state index contributed by atoms with van der Waals surface area (Å²) in [7, 11) is 1.58. The van der Waals surface area contributed by atoms with Crippen LogP contribution in [0.4, 0.5) is 5.00 Å². The Hall–Kier alpha value is -3.04. The minimum absolute atomic E-state index is 0.00577. The highest BCUT2D eigenvalue weighted by Gasteiger charge is 2.23. The molecule has 7 nitrogen and oxygen atoms in total. The van der Waals surface area contributed by atoms with Crippen molar-refractivity contribution in [3.05, 3.63) is 54.6 Å². The van der Waals surface area contributed by atoms with Crippen molar-refractivity contribution >= 4 is 39.9 Å². The van der Waals surface area contributed by atoms with E-state index < -0.39 is 0 Å². The Kier molecular flexibility index (Phi) is 7.28. The second-order valence-electron chi connectivity index (χ2n) is 7.17. The van der Waals surface area contributed by atoms with Gasteiger partial charge in [0, 0.05) is 17.7 Å². The molecule has 166 valence electrons. The number of ether oxygens (including phenoxy) is 2. The first-order chi connectivity index (χ1) is 15.6. The number of nitrogens with one attached hydrogen (secondary N) is 2. The number of benzene rings is 2. The van der Waals surface area contributed by atoms with Gasteiger partial charge in [0.1, 0.15) is 22.2 Å². The molecule has 0 bridgehead atoms. The lowest BCUT2D eigenvalue weighted by Gasteiger charge is -2.08. The van der Waals surface area contributed by atoms with Crippen LogP contribution >= 0.6 is 23.1 Å². The number of methoxy groups -OCH3 is 1. The van der Waals surface area contributed by atoms with Gasteiger partial charge in [-0.05, 0) is 25.0 Å². The van der Waals surface area contributed by atoms with Gasteiger partial charge in [-0.2, -0.15) is 0 Å². The molecule has 0 spiro atoms. The molecule has 2 amide bonds. The van der Waals surface area contributed by atoms with Crippen LogP contribution in [0.5, 0.6) is 11.5 Å². The number of hydrogen-bond donors (Lipinski definition) is 2. The van der Waals surface area contributed by atoms with Crippen molar-refractivity contribution in [1.29, 1.82) is 0 Å². The molecular formula is C23H23N3O4S2. The largest absolute Gasteiger partial charge is 0.497 e. The molecule has 2 aromatic carbocycles. The second-order valence-corrected chi connectivity index (χ2v) is 9.39. The molecule has 0 radical (unpaired) electrons. The highest BCUT2D eigenvalue weighted by molar-refractivity contribution is 8.01. The first kappa shape index (κ1) is 22.2. The Labute approximate surface area is 194 Å². The molecule has 1 fully saturated rings. The number of rotatable bonds is 10. The van der Waals surface area contributed by atoms with Crippen molar-refractivity contribution < 1.29 is 19.1 Å². The summed E-state index contributed by atoms with van der Waals surface area (Å²) < 4.78 is 11.5. The van der Waals surface area contributed by atoms with E-state index >= 15 is 0 Å². The number of aromatic nitrogens is 1. The van der Waals surface area contributed by atoms with Crippen LogP contribution in [0.1, 0.15) is 12.8 Å². The molecule has 32 heavy (non-hydrogen) atoms. The maximum Gasteiger partial charge on any atom is 0.262 e. The zero-order valence-electron chi connectivity index (χ0n) is 17.5. The number of thioether (sulfide) groups is 1. The van der Waals surface area contributed by atoms with Gasteiger partial charge in [-0.1, -0.05) is 59.5 Å². The molecule has 9 heteroatoms. The average Bonchev–Trinajstić information content (AvgIpc) is 3.54. The van der Waals surface area contributed by atoms with Gasteiger partial charge in [0.25, 0.3) is 5.91 Å². The molecule has 2 N–H and O–H groups in total. The highest BCUT2D eigenvalue weighted by Crippen LogP contribution is 2.37. The van der Waals surface area contributed by atoms with Gasteiger partial charge >= 0.3 is 0 Å². The van der Waals surface area contributed by atoms with E-state index in [4.69, 9.17) is 9.47 Å². The third-order valence-electron chi connectivity index (χ3n) is 4.59. The van der Waals surface area contributed by atoms with Gasteiger partial charge < -0.3 is 20.1 Å². The van der Waals surface area contributed by atoms with E-state index in [1.54, 1.807) is 31.4 Å². The minimum Gasteiger partial charge on any atom is -0.497 e. The predicted molar refractivity (Wildman–Crippen MR) is 127 cm³/mol. The van der Waals surface area contributed by atoms with Gasteiger partial charge in [0.2, 0.25) is 5.91 Å². The van der Waals surface area contributed by atoms with E-state index in [1.807, 2.05) is 30.3 Å². The summed E-state index contributed by atoms with van der Waals surface area (Å²) in [5, 5.41) is 6.50. The third kappa shape index (κ3) is 6.24. The summed E-state index contributed by atoms with van der Waals surface area (Å²) in [6.07, 6.45) is 2.11. The lowest BCUT2D eigenvalue weighted by molar-refractivity contribution is -0.119. The summed E-state index contributed by atoms with van der Waals surface area (Å²) in [6, 6.07) is 17.1. The number of thiazole rings is 1. The van der Waals surface area contributed by atoms with Crippen LogP contribution in [0.15, 0.2) is 58.9 Å². The maximum atomic E-state index is 12.6. The lowest BCUT2D eigenvalue weighted by Crippen LogP contribution is -2.26. The predicted octanol–water partition coefficient (Wildman–Crippen LogP) is 4.21. The fraction of sp³-hybridized carbons (Fsp3) is 0.261. The van der Waals surface area contributed by atoms with Crippen LogP contribution in [-0.4, -0.2) is 42.3 Å². The zero-order chi connectivity index (χ0) is 22.3. The Morgan fingerprint density at radius 2 is 1.88 bits per heavy atom. The summed E-state index contributed by atoms with van der Waals surface area (Å²) in [4.78, 5) is 29.3. The van der Waals surface area contributed by atoms with Gasteiger partial charge in [0.05, 0.1) is 12.9 Å². The average molecular weight is 470 g/mol. The topological polar surface area (TPSA) is 89.5 Å². The molecule has 1 heterocycles. The molecule has 0 saturated heterocycles. The van der Waals surface area contributed by atoms with Crippen LogP contribution in [0.25, 0.3) is 11.3 Å². The van der Waals surface area contributed by atoms with E-state index in [-0.39, 0.29) is 18.4 Å². The van der Waals surface area contributed by atoms with Gasteiger partial charge in [0.15, 0.2) is 10.9 Å². The van der Waals surface area contributed by atoms with Crippen LogP contribution < -0.4 is 20.1 Å². The van der Waals surface area contributed by atoms with Crippen LogP contribution in [0.2, 0.25) is 0 Å². The second kappa shape index (κ2) is 10.5. The summed E-state index contributed by atoms with van der Waals surface area (Å²) in [5.74, 6) is 1.21. The van der Waals surface area contributed by atoms with Crippen molar-refractivity contribution in [2.24, 2.45) is 0 Å². The van der Waals surface area contributed by atoms with Gasteiger partial charge in [-0.3, -0.25) is 9.59 Å². The van der Waals surface area contributed by atoms with Crippen LogP contribution in [0, 0.1) is 0 Å². The van der Waals surface area contributed by atoms with E-state index in [9.17, 15) is 9.59 Å². The fourth-order valence-electron chi connectivity index (χ4n) is 2.87. The third-order valence-corrected chi connectivity index (χ3v) is 6.70. The standard InChI is InChI=1S/C23H23N3O4S2/c1-29-17-8-5-9-18(12-17)30-13-19(27)25-22-21(15-6-3-2-4-7-15)26-23(32-22)31-14-20(28)24-16-10-11-16/h2-9,12,16H,10-11,13-14H2,1H3,(H,24,28)(H,25,27). The Balaban J connectivity index is 1.42. The minimum atomic E-state index is -0.295. The van der Waals surface area contributed by atoms with Crippen molar-refractivity contribution in [2.45, 2.75) is 23.2 Å². The Morgan fingerprint density at radius 3 is 2.62 bits per heavy atom. The fourth-order valence-corrected chi connectivity index (χ4v) is 4.76. The number of hydrogen-bond acceptors (Lipinski definition) is 7. The van der Waals surface area contributed by atoms with Crippen LogP contribution in [0.3, 0.4) is 0 Å². The molecule has 0 unspecified atom stereocenters. The smallest absolute Gasteiger partial charge is 0.262 e. The SMILES string of the molecule is COc1cccc(OCC(=O)Nc2sc(SCC(=O)NC3CC3)nc2-c2ccccc2)c1. The van der Waals surface area contributed by atoms with Gasteiger partial charge in [-0.25, -0.2) is 4.98 Å². The molecule has 0 atom stereocenters. The maximum absolute atomic E-state index is 12.6. The van der Waals surface area contributed by atoms with E-state index in [2.05, 4.69) is 15.6 Å². The van der Waals surface area contributed by atoms with Crippen molar-refractivity contribution in [3.8, 4) is 22.8 Å². The Bertz CT molecular complexity index is 1080. The monoisotopic (exact) mass is 469 g/mol. The quantitative estimate of drug-likeness (QED) is 0.433. The van der Waals surface area contributed by atoms with Crippen molar-refractivity contribution in [3.63, 3.8) is 0 Å². The summed E-state index contributed by atoms with van der Waals surface area (Å²) >= 11 is 2.72. The number of carbonyl (C=O) groups is 2. The molecule has 1 aliphatic carbocycles. The van der Waals surface area contributed by atoms with E-state index in [1.165, 1.54) is 23.1 Å². The highest BCUT2D eigenvalue weighted by atomic mass is 32.2. The number of carbonyl (C=O) groups excluding carboxylic acids is 2. The molecular weight excluding hydrogens is 446 g/mol. The number of nitrogens with zero attached hydrogens (tertiary/aromatic N) is 1. The Morgan fingerprint density at radius 1 is 1.09 bits per heavy atom. The first-order valence-electron chi connectivity index (χ1n) is 10.2. The zero-order valence-corrected chi connectivity index (χ0v) is 19.1. The summed E-state index contributed by atoms with van der Waals surface area (Å²) in [6.45, 7) is -0.147. The van der Waals surface area contributed by atoms with Crippen LogP contribution in [-0.2, 0) is 9.59 Å². The number of anilines is 1. The van der Waals surface area contributed by atoms with E-state index in [0.29, 0.717) is 34.0 Å². The molecule has 1 aliphatic rings. The molecule has 4 rings (SSSR count). The number of amides is 2. The first-order valence-corrected chi connectivity index (χ1v) is 12.0. The molecule has 1 aromatic heterocycles. The molecule has 3 aromatic rings.